The molecule has 5 nitrogen and oxygen atoms in total. The highest BCUT2D eigenvalue weighted by Gasteiger charge is 2.48. The number of hydrogen-bond acceptors (Lipinski definition) is 4. The second kappa shape index (κ2) is 6.79. The molecule has 138 valence electrons. The molecule has 26 heavy (non-hydrogen) atoms. The first kappa shape index (κ1) is 17.7. The van der Waals surface area contributed by atoms with Gasteiger partial charge in [-0.2, -0.15) is 0 Å². The maximum atomic E-state index is 12.8. The van der Waals surface area contributed by atoms with Gasteiger partial charge in [0.15, 0.2) is 0 Å². The van der Waals surface area contributed by atoms with E-state index in [0.717, 1.165) is 12.7 Å². The third kappa shape index (κ3) is 3.70. The lowest BCUT2D eigenvalue weighted by molar-refractivity contribution is -0.131. The summed E-state index contributed by atoms with van der Waals surface area (Å²) in [6.07, 6.45) is 2.74. The van der Waals surface area contributed by atoms with E-state index < -0.39 is 10.0 Å². The van der Waals surface area contributed by atoms with E-state index in [2.05, 4.69) is 28.3 Å². The monoisotopic (exact) mass is 390 g/mol. The van der Waals surface area contributed by atoms with Gasteiger partial charge in [0.2, 0.25) is 15.9 Å². The minimum Gasteiger partial charge on any atom is -0.341 e. The van der Waals surface area contributed by atoms with Gasteiger partial charge in [-0.3, -0.25) is 4.79 Å². The van der Waals surface area contributed by atoms with Crippen LogP contribution in [0.2, 0.25) is 0 Å². The standard InChI is InChI=1S/C19H22N2O3S2/c1-26(23,24)20-14-7-9-21(12-14)19(22)17-11-16(17)18-15(8-10-25-18)13-5-3-2-4-6-13/h2-6,8,10,14,16-17,20H,7,9,11-12H2,1H3/t14-,16+,17+/m0/s1. The van der Waals surface area contributed by atoms with E-state index in [1.807, 2.05) is 23.1 Å². The van der Waals surface area contributed by atoms with E-state index in [1.54, 1.807) is 11.3 Å². The Labute approximate surface area is 158 Å². The summed E-state index contributed by atoms with van der Waals surface area (Å²) in [5.41, 5.74) is 2.43. The number of rotatable bonds is 5. The zero-order valence-electron chi connectivity index (χ0n) is 14.6. The van der Waals surface area contributed by atoms with E-state index in [1.165, 1.54) is 16.0 Å². The van der Waals surface area contributed by atoms with Crippen molar-refractivity contribution in [3.05, 3.63) is 46.7 Å². The predicted molar refractivity (Wildman–Crippen MR) is 104 cm³/mol. The summed E-state index contributed by atoms with van der Waals surface area (Å²) in [7, 11) is -3.23. The van der Waals surface area contributed by atoms with Crippen LogP contribution in [0.15, 0.2) is 41.8 Å². The van der Waals surface area contributed by atoms with Crippen LogP contribution in [0.3, 0.4) is 0 Å². The molecule has 1 aliphatic heterocycles. The number of benzene rings is 1. The lowest BCUT2D eigenvalue weighted by atomic mass is 10.0. The third-order valence-corrected chi connectivity index (χ3v) is 6.92. The molecule has 2 aliphatic rings. The molecule has 1 aliphatic carbocycles. The van der Waals surface area contributed by atoms with E-state index in [9.17, 15) is 13.2 Å². The van der Waals surface area contributed by atoms with Crippen molar-refractivity contribution in [1.29, 1.82) is 0 Å². The molecule has 4 rings (SSSR count). The topological polar surface area (TPSA) is 66.5 Å². The first-order valence-corrected chi connectivity index (χ1v) is 11.6. The highest BCUT2D eigenvalue weighted by molar-refractivity contribution is 7.88. The molecule has 1 aromatic heterocycles. The number of sulfonamides is 1. The molecule has 0 radical (unpaired) electrons. The Morgan fingerprint density at radius 1 is 1.23 bits per heavy atom. The van der Waals surface area contributed by atoms with Gasteiger partial charge in [-0.1, -0.05) is 30.3 Å². The van der Waals surface area contributed by atoms with Gasteiger partial charge in [0.25, 0.3) is 0 Å². The zero-order chi connectivity index (χ0) is 18.3. The van der Waals surface area contributed by atoms with Crippen molar-refractivity contribution < 1.29 is 13.2 Å². The van der Waals surface area contributed by atoms with E-state index in [0.29, 0.717) is 25.4 Å². The molecule has 2 fully saturated rings. The highest BCUT2D eigenvalue weighted by atomic mass is 32.2. The average molecular weight is 391 g/mol. The Hall–Kier alpha value is -1.70. The van der Waals surface area contributed by atoms with Crippen LogP contribution in [0.1, 0.15) is 23.6 Å². The lowest BCUT2D eigenvalue weighted by Crippen LogP contribution is -2.38. The molecule has 3 atom stereocenters. The summed E-state index contributed by atoms with van der Waals surface area (Å²) in [6.45, 7) is 1.11. The Bertz CT molecular complexity index is 908. The quantitative estimate of drug-likeness (QED) is 0.854. The van der Waals surface area contributed by atoms with Crippen LogP contribution in [0.4, 0.5) is 0 Å². The predicted octanol–water partition coefficient (Wildman–Crippen LogP) is 2.67. The number of likely N-dealkylation sites (tertiary alicyclic amines) is 1. The number of carbonyl (C=O) groups excluding carboxylic acids is 1. The minimum atomic E-state index is -3.23. The van der Waals surface area contributed by atoms with Crippen LogP contribution in [-0.4, -0.2) is 44.6 Å². The molecular weight excluding hydrogens is 368 g/mol. The molecule has 1 amide bonds. The van der Waals surface area contributed by atoms with Gasteiger partial charge in [-0.05, 0) is 35.4 Å². The fourth-order valence-corrected chi connectivity index (χ4v) is 5.71. The Kier molecular flexibility index (Phi) is 4.62. The zero-order valence-corrected chi connectivity index (χ0v) is 16.2. The Morgan fingerprint density at radius 3 is 2.73 bits per heavy atom. The van der Waals surface area contributed by atoms with Gasteiger partial charge in [0, 0.05) is 35.8 Å². The minimum absolute atomic E-state index is 0.0353. The number of thiophene rings is 1. The number of amides is 1. The summed E-state index contributed by atoms with van der Waals surface area (Å²) in [5, 5.41) is 2.10. The van der Waals surface area contributed by atoms with E-state index >= 15 is 0 Å². The van der Waals surface area contributed by atoms with Crippen LogP contribution in [0, 0.1) is 5.92 Å². The molecule has 2 heterocycles. The van der Waals surface area contributed by atoms with Crippen LogP contribution in [0.25, 0.3) is 11.1 Å². The van der Waals surface area contributed by atoms with Crippen LogP contribution in [0.5, 0.6) is 0 Å². The van der Waals surface area contributed by atoms with Crippen LogP contribution < -0.4 is 4.72 Å². The molecule has 1 saturated carbocycles. The number of hydrogen-bond donors (Lipinski definition) is 1. The van der Waals surface area contributed by atoms with Gasteiger partial charge in [0.05, 0.1) is 6.26 Å². The smallest absolute Gasteiger partial charge is 0.226 e. The van der Waals surface area contributed by atoms with Crippen molar-refractivity contribution in [2.24, 2.45) is 5.92 Å². The summed E-state index contributed by atoms with van der Waals surface area (Å²) >= 11 is 1.72. The Morgan fingerprint density at radius 2 is 2.00 bits per heavy atom. The summed E-state index contributed by atoms with van der Waals surface area (Å²) in [4.78, 5) is 15.9. The van der Waals surface area contributed by atoms with Gasteiger partial charge < -0.3 is 4.90 Å². The molecule has 1 aromatic carbocycles. The molecule has 0 bridgehead atoms. The van der Waals surface area contributed by atoms with Crippen LogP contribution in [-0.2, 0) is 14.8 Å². The van der Waals surface area contributed by atoms with E-state index in [4.69, 9.17) is 0 Å². The fourth-order valence-electron chi connectivity index (χ4n) is 3.82. The molecule has 0 unspecified atom stereocenters. The largest absolute Gasteiger partial charge is 0.341 e. The van der Waals surface area contributed by atoms with Crippen molar-refractivity contribution in [1.82, 2.24) is 9.62 Å². The van der Waals surface area contributed by atoms with Gasteiger partial charge in [-0.15, -0.1) is 11.3 Å². The van der Waals surface area contributed by atoms with Crippen LogP contribution >= 0.6 is 11.3 Å². The second-order valence-corrected chi connectivity index (χ2v) is 9.90. The normalized spacial score (nSPS) is 25.4. The van der Waals surface area contributed by atoms with Gasteiger partial charge >= 0.3 is 0 Å². The van der Waals surface area contributed by atoms with Crippen molar-refractivity contribution in [2.75, 3.05) is 19.3 Å². The summed E-state index contributed by atoms with van der Waals surface area (Å²) in [5.74, 6) is 0.493. The number of carbonyl (C=O) groups is 1. The lowest BCUT2D eigenvalue weighted by Gasteiger charge is -2.17. The summed E-state index contributed by atoms with van der Waals surface area (Å²) < 4.78 is 25.4. The maximum Gasteiger partial charge on any atom is 0.226 e. The Balaban J connectivity index is 1.42. The summed E-state index contributed by atoms with van der Waals surface area (Å²) in [6, 6.07) is 12.3. The molecule has 0 spiro atoms. The molecule has 7 heteroatoms. The molecule has 2 aromatic rings. The number of nitrogens with zero attached hydrogens (tertiary/aromatic N) is 1. The SMILES string of the molecule is CS(=O)(=O)N[C@H]1CCN(C(=O)[C@@H]2C[C@H]2c2sccc2-c2ccccc2)C1. The van der Waals surface area contributed by atoms with Gasteiger partial charge in [0.1, 0.15) is 0 Å². The fraction of sp³-hybridized carbons (Fsp3) is 0.421. The second-order valence-electron chi connectivity index (χ2n) is 7.17. The molecule has 1 N–H and O–H groups in total. The maximum absolute atomic E-state index is 12.8. The van der Waals surface area contributed by atoms with Gasteiger partial charge in [-0.25, -0.2) is 13.1 Å². The number of nitrogens with one attached hydrogen (secondary N) is 1. The van der Waals surface area contributed by atoms with Crippen molar-refractivity contribution >= 4 is 27.3 Å². The first-order chi connectivity index (χ1) is 12.4. The van der Waals surface area contributed by atoms with Crippen molar-refractivity contribution in [3.63, 3.8) is 0 Å². The highest BCUT2D eigenvalue weighted by Crippen LogP contribution is 2.53. The average Bonchev–Trinajstić information content (AvgIpc) is 3.02. The van der Waals surface area contributed by atoms with Crippen molar-refractivity contribution in [2.45, 2.75) is 24.8 Å². The first-order valence-electron chi connectivity index (χ1n) is 8.81. The molecular formula is C19H22N2O3S2. The molecule has 1 saturated heterocycles. The van der Waals surface area contributed by atoms with Crippen molar-refractivity contribution in [3.8, 4) is 11.1 Å². The third-order valence-electron chi connectivity index (χ3n) is 5.11. The van der Waals surface area contributed by atoms with E-state index in [-0.39, 0.29) is 17.9 Å².